The van der Waals surface area contributed by atoms with Gasteiger partial charge in [-0.2, -0.15) is 0 Å². The molecule has 2 fully saturated rings. The molecule has 2 saturated heterocycles. The van der Waals surface area contributed by atoms with Crippen LogP contribution in [-0.4, -0.2) is 60.0 Å². The largest absolute Gasteiger partial charge is 0.368 e. The van der Waals surface area contributed by atoms with Crippen molar-refractivity contribution in [3.8, 4) is 0 Å². The van der Waals surface area contributed by atoms with E-state index >= 15 is 0 Å². The minimum atomic E-state index is -0.235. The summed E-state index contributed by atoms with van der Waals surface area (Å²) in [4.78, 5) is 27.9. The third-order valence-corrected chi connectivity index (χ3v) is 5.26. The summed E-state index contributed by atoms with van der Waals surface area (Å²) in [5.74, 6) is 0.376. The number of hydrogen-bond acceptors (Lipinski definition) is 5. The predicted octanol–water partition coefficient (Wildman–Crippen LogP) is 2.57. The van der Waals surface area contributed by atoms with Gasteiger partial charge in [0, 0.05) is 51.2 Å². The van der Waals surface area contributed by atoms with E-state index in [0.29, 0.717) is 24.7 Å². The molecule has 0 atom stereocenters. The molecule has 0 spiro atoms. The summed E-state index contributed by atoms with van der Waals surface area (Å²) in [6, 6.07) is 8.19. The smallest absolute Gasteiger partial charge is 0.272 e. The molecule has 0 saturated carbocycles. The fourth-order valence-electron chi connectivity index (χ4n) is 3.70. The number of carbonyl (C=O) groups excluding carboxylic acids is 1. The van der Waals surface area contributed by atoms with Gasteiger partial charge in [0.2, 0.25) is 5.95 Å². The maximum absolute atomic E-state index is 13.1. The molecule has 0 aliphatic carbocycles. The van der Waals surface area contributed by atoms with Gasteiger partial charge in [-0.15, -0.1) is 0 Å². The number of piperazine rings is 1. The van der Waals surface area contributed by atoms with E-state index in [2.05, 4.69) is 19.8 Å². The average molecular weight is 369 g/mol. The van der Waals surface area contributed by atoms with Crippen LogP contribution in [0.3, 0.4) is 0 Å². The lowest BCUT2D eigenvalue weighted by Crippen LogP contribution is -2.49. The molecule has 2 aromatic rings. The quantitative estimate of drug-likeness (QED) is 0.832. The van der Waals surface area contributed by atoms with E-state index in [0.717, 1.165) is 44.7 Å². The van der Waals surface area contributed by atoms with Crippen LogP contribution in [0.15, 0.2) is 36.5 Å². The number of carbonyl (C=O) groups is 1. The van der Waals surface area contributed by atoms with Gasteiger partial charge in [0.05, 0.1) is 0 Å². The predicted molar refractivity (Wildman–Crippen MR) is 103 cm³/mol. The SMILES string of the molecule is O=C(c1ccnc(N2CCCCC2)n1)N1CCN(c2ccc(F)cc2)CC1. The Kier molecular flexibility index (Phi) is 5.18. The van der Waals surface area contributed by atoms with Gasteiger partial charge >= 0.3 is 0 Å². The van der Waals surface area contributed by atoms with Gasteiger partial charge in [-0.1, -0.05) is 0 Å². The van der Waals surface area contributed by atoms with Crippen molar-refractivity contribution in [2.45, 2.75) is 19.3 Å². The van der Waals surface area contributed by atoms with Gasteiger partial charge in [-0.05, 0) is 49.6 Å². The molecule has 27 heavy (non-hydrogen) atoms. The molecule has 4 rings (SSSR count). The average Bonchev–Trinajstić information content (AvgIpc) is 2.75. The molecule has 0 bridgehead atoms. The lowest BCUT2D eigenvalue weighted by molar-refractivity contribution is 0.0740. The molecule has 3 heterocycles. The monoisotopic (exact) mass is 369 g/mol. The minimum absolute atomic E-state index is 0.0468. The summed E-state index contributed by atoms with van der Waals surface area (Å²) in [5, 5.41) is 0. The number of piperidine rings is 1. The number of benzene rings is 1. The Balaban J connectivity index is 1.39. The second-order valence-electron chi connectivity index (χ2n) is 7.05. The number of halogens is 1. The second kappa shape index (κ2) is 7.90. The zero-order valence-corrected chi connectivity index (χ0v) is 15.4. The highest BCUT2D eigenvalue weighted by atomic mass is 19.1. The van der Waals surface area contributed by atoms with Gasteiger partial charge in [0.15, 0.2) is 0 Å². The third-order valence-electron chi connectivity index (χ3n) is 5.26. The van der Waals surface area contributed by atoms with E-state index in [-0.39, 0.29) is 11.7 Å². The lowest BCUT2D eigenvalue weighted by Gasteiger charge is -2.36. The molecule has 0 unspecified atom stereocenters. The summed E-state index contributed by atoms with van der Waals surface area (Å²) in [5.41, 5.74) is 1.44. The van der Waals surface area contributed by atoms with Crippen molar-refractivity contribution in [1.82, 2.24) is 14.9 Å². The van der Waals surface area contributed by atoms with Gasteiger partial charge in [0.1, 0.15) is 11.5 Å². The summed E-state index contributed by atoms with van der Waals surface area (Å²) in [7, 11) is 0. The second-order valence-corrected chi connectivity index (χ2v) is 7.05. The maximum Gasteiger partial charge on any atom is 0.272 e. The van der Waals surface area contributed by atoms with E-state index < -0.39 is 0 Å². The summed E-state index contributed by atoms with van der Waals surface area (Å²) < 4.78 is 13.1. The topological polar surface area (TPSA) is 52.6 Å². The maximum atomic E-state index is 13.1. The normalized spacial score (nSPS) is 17.9. The molecule has 142 valence electrons. The molecule has 1 amide bonds. The minimum Gasteiger partial charge on any atom is -0.368 e. The first-order chi connectivity index (χ1) is 13.2. The zero-order valence-electron chi connectivity index (χ0n) is 15.4. The van der Waals surface area contributed by atoms with Gasteiger partial charge < -0.3 is 14.7 Å². The van der Waals surface area contributed by atoms with E-state index in [1.807, 2.05) is 4.90 Å². The highest BCUT2D eigenvalue weighted by molar-refractivity contribution is 5.92. The molecule has 1 aromatic heterocycles. The van der Waals surface area contributed by atoms with Crippen LogP contribution in [0.2, 0.25) is 0 Å². The molecule has 2 aliphatic rings. The number of anilines is 2. The third kappa shape index (κ3) is 4.02. The van der Waals surface area contributed by atoms with Crippen LogP contribution in [0.25, 0.3) is 0 Å². The Labute approximate surface area is 158 Å². The molecular formula is C20H24FN5O. The van der Waals surface area contributed by atoms with Gasteiger partial charge in [0.25, 0.3) is 5.91 Å². The Hall–Kier alpha value is -2.70. The summed E-state index contributed by atoms with van der Waals surface area (Å²) in [6.45, 7) is 4.60. The van der Waals surface area contributed by atoms with E-state index in [1.54, 1.807) is 24.4 Å². The van der Waals surface area contributed by atoms with Crippen molar-refractivity contribution in [1.29, 1.82) is 0 Å². The summed E-state index contributed by atoms with van der Waals surface area (Å²) in [6.07, 6.45) is 5.21. The number of nitrogens with zero attached hydrogens (tertiary/aromatic N) is 5. The Morgan fingerprint density at radius 2 is 1.56 bits per heavy atom. The first-order valence-corrected chi connectivity index (χ1v) is 9.58. The van der Waals surface area contributed by atoms with Crippen LogP contribution in [-0.2, 0) is 0 Å². The molecule has 0 N–H and O–H groups in total. The van der Waals surface area contributed by atoms with Crippen LogP contribution in [0.4, 0.5) is 16.0 Å². The standard InChI is InChI=1S/C20H24FN5O/c21-16-4-6-17(7-5-16)24-12-14-25(15-13-24)19(27)18-8-9-22-20(23-18)26-10-2-1-3-11-26/h4-9H,1-3,10-15H2. The first-order valence-electron chi connectivity index (χ1n) is 9.58. The Morgan fingerprint density at radius 3 is 2.26 bits per heavy atom. The molecule has 6 nitrogen and oxygen atoms in total. The first kappa shape index (κ1) is 17.7. The van der Waals surface area contributed by atoms with Crippen molar-refractivity contribution >= 4 is 17.5 Å². The van der Waals surface area contributed by atoms with Crippen molar-refractivity contribution in [2.75, 3.05) is 49.1 Å². The van der Waals surface area contributed by atoms with Crippen LogP contribution >= 0.6 is 0 Å². The number of hydrogen-bond donors (Lipinski definition) is 0. The van der Waals surface area contributed by atoms with E-state index in [1.165, 1.54) is 18.6 Å². The number of amides is 1. The fraction of sp³-hybridized carbons (Fsp3) is 0.450. The molecular weight excluding hydrogens is 345 g/mol. The van der Waals surface area contributed by atoms with Gasteiger partial charge in [-0.25, -0.2) is 14.4 Å². The van der Waals surface area contributed by atoms with Crippen molar-refractivity contribution in [2.24, 2.45) is 0 Å². The highest BCUT2D eigenvalue weighted by Gasteiger charge is 2.24. The van der Waals surface area contributed by atoms with Crippen LogP contribution in [0, 0.1) is 5.82 Å². The van der Waals surface area contributed by atoms with Crippen molar-refractivity contribution in [3.05, 3.63) is 48.0 Å². The number of aromatic nitrogens is 2. The Morgan fingerprint density at radius 1 is 0.852 bits per heavy atom. The summed E-state index contributed by atoms with van der Waals surface area (Å²) >= 11 is 0. The lowest BCUT2D eigenvalue weighted by atomic mass is 10.1. The fourth-order valence-corrected chi connectivity index (χ4v) is 3.70. The Bertz CT molecular complexity index is 783. The van der Waals surface area contributed by atoms with E-state index in [4.69, 9.17) is 0 Å². The molecule has 2 aliphatic heterocycles. The zero-order chi connectivity index (χ0) is 18.6. The molecule has 7 heteroatoms. The van der Waals surface area contributed by atoms with Crippen LogP contribution in [0.1, 0.15) is 29.8 Å². The molecule has 1 aromatic carbocycles. The van der Waals surface area contributed by atoms with Crippen molar-refractivity contribution in [3.63, 3.8) is 0 Å². The highest BCUT2D eigenvalue weighted by Crippen LogP contribution is 2.19. The van der Waals surface area contributed by atoms with Crippen LogP contribution in [0.5, 0.6) is 0 Å². The van der Waals surface area contributed by atoms with Crippen LogP contribution < -0.4 is 9.80 Å². The van der Waals surface area contributed by atoms with Gasteiger partial charge in [-0.3, -0.25) is 4.79 Å². The number of rotatable bonds is 3. The molecule has 0 radical (unpaired) electrons. The van der Waals surface area contributed by atoms with E-state index in [9.17, 15) is 9.18 Å². The van der Waals surface area contributed by atoms with Crippen molar-refractivity contribution < 1.29 is 9.18 Å².